The van der Waals surface area contributed by atoms with E-state index in [9.17, 15) is 9.90 Å². The molecule has 6 nitrogen and oxygen atoms in total. The van der Waals surface area contributed by atoms with Crippen molar-refractivity contribution in [3.05, 3.63) is 47.5 Å². The van der Waals surface area contributed by atoms with Crippen molar-refractivity contribution < 1.29 is 14.6 Å². The third-order valence-corrected chi connectivity index (χ3v) is 5.97. The number of nitrogens with zero attached hydrogens (tertiary/aromatic N) is 3. The maximum absolute atomic E-state index is 12.0. The highest BCUT2D eigenvalue weighted by molar-refractivity contribution is 5.77. The Morgan fingerprint density at radius 3 is 2.62 bits per heavy atom. The standard InChI is InChI=1S/C20H25N3O3/c1-26-18-12-16-4-2-3-15(16)11-17(18)13-22-8-5-20(6-9-22,19(24)25)23-10-7-21-14-23/h7,10-12,14H,2-6,8-9,13H2,1H3,(H,24,25). The number of methoxy groups -OCH3 is 1. The maximum atomic E-state index is 12.0. The Labute approximate surface area is 153 Å². The predicted molar refractivity (Wildman–Crippen MR) is 97.4 cm³/mol. The number of fused-ring (bicyclic) bond motifs is 1. The van der Waals surface area contributed by atoms with Crippen molar-refractivity contribution in [3.8, 4) is 5.75 Å². The molecule has 1 aliphatic carbocycles. The highest BCUT2D eigenvalue weighted by Crippen LogP contribution is 2.34. The number of carboxylic acids is 1. The number of imidazole rings is 1. The summed E-state index contributed by atoms with van der Waals surface area (Å²) >= 11 is 0. The number of hydrogen-bond acceptors (Lipinski definition) is 4. The largest absolute Gasteiger partial charge is 0.496 e. The number of hydrogen-bond donors (Lipinski definition) is 1. The number of rotatable bonds is 5. The summed E-state index contributed by atoms with van der Waals surface area (Å²) in [6.45, 7) is 2.28. The molecule has 2 aromatic rings. The van der Waals surface area contributed by atoms with Crippen LogP contribution in [0.2, 0.25) is 0 Å². The van der Waals surface area contributed by atoms with Crippen LogP contribution in [-0.4, -0.2) is 45.7 Å². The highest BCUT2D eigenvalue weighted by Gasteiger charge is 2.43. The number of carboxylic acid groups (broad SMARTS) is 1. The van der Waals surface area contributed by atoms with E-state index in [1.807, 2.05) is 0 Å². The molecule has 0 unspecified atom stereocenters. The topological polar surface area (TPSA) is 67.6 Å². The van der Waals surface area contributed by atoms with Gasteiger partial charge in [-0.3, -0.25) is 4.90 Å². The molecule has 2 aliphatic rings. The van der Waals surface area contributed by atoms with Crippen molar-refractivity contribution >= 4 is 5.97 Å². The lowest BCUT2D eigenvalue weighted by Gasteiger charge is -2.39. The van der Waals surface area contributed by atoms with Gasteiger partial charge in [0.2, 0.25) is 0 Å². The molecule has 0 amide bonds. The first-order chi connectivity index (χ1) is 12.6. The maximum Gasteiger partial charge on any atom is 0.330 e. The van der Waals surface area contributed by atoms with Crippen molar-refractivity contribution in [2.45, 2.75) is 44.2 Å². The molecule has 6 heteroatoms. The molecule has 1 aliphatic heterocycles. The minimum atomic E-state index is -0.880. The summed E-state index contributed by atoms with van der Waals surface area (Å²) in [6.07, 6.45) is 9.68. The van der Waals surface area contributed by atoms with Crippen LogP contribution >= 0.6 is 0 Å². The molecule has 1 aromatic carbocycles. The SMILES string of the molecule is COc1cc2c(cc1CN1CCC(C(=O)O)(n3ccnc3)CC1)CCC2. The van der Waals surface area contributed by atoms with E-state index in [-0.39, 0.29) is 0 Å². The van der Waals surface area contributed by atoms with Crippen molar-refractivity contribution in [3.63, 3.8) is 0 Å². The lowest BCUT2D eigenvalue weighted by molar-refractivity contribution is -0.150. The minimum Gasteiger partial charge on any atom is -0.496 e. The van der Waals surface area contributed by atoms with Crippen LogP contribution in [0.5, 0.6) is 5.75 Å². The van der Waals surface area contributed by atoms with E-state index in [4.69, 9.17) is 4.74 Å². The van der Waals surface area contributed by atoms with Crippen LogP contribution in [-0.2, 0) is 29.7 Å². The van der Waals surface area contributed by atoms with Gasteiger partial charge in [-0.25, -0.2) is 9.78 Å². The lowest BCUT2D eigenvalue weighted by atomic mass is 9.87. The van der Waals surface area contributed by atoms with Crippen molar-refractivity contribution in [1.29, 1.82) is 0 Å². The quantitative estimate of drug-likeness (QED) is 0.892. The summed E-state index contributed by atoms with van der Waals surface area (Å²) in [4.78, 5) is 18.3. The minimum absolute atomic E-state index is 0.575. The van der Waals surface area contributed by atoms with E-state index >= 15 is 0 Å². The van der Waals surface area contributed by atoms with E-state index < -0.39 is 11.5 Å². The Kier molecular flexibility index (Phi) is 4.44. The van der Waals surface area contributed by atoms with E-state index in [0.717, 1.165) is 38.2 Å². The van der Waals surface area contributed by atoms with Gasteiger partial charge < -0.3 is 14.4 Å². The van der Waals surface area contributed by atoms with Gasteiger partial charge in [-0.05, 0) is 49.3 Å². The molecule has 138 valence electrons. The molecule has 0 atom stereocenters. The highest BCUT2D eigenvalue weighted by atomic mass is 16.5. The van der Waals surface area contributed by atoms with Gasteiger partial charge in [0.25, 0.3) is 0 Å². The average Bonchev–Trinajstić information content (AvgIpc) is 3.33. The van der Waals surface area contributed by atoms with E-state index in [0.29, 0.717) is 12.8 Å². The van der Waals surface area contributed by atoms with Crippen molar-refractivity contribution in [2.24, 2.45) is 0 Å². The van der Waals surface area contributed by atoms with Crippen molar-refractivity contribution in [2.75, 3.05) is 20.2 Å². The smallest absolute Gasteiger partial charge is 0.330 e. The molecule has 1 aromatic heterocycles. The molecule has 1 N–H and O–H groups in total. The second-order valence-corrected chi connectivity index (χ2v) is 7.37. The predicted octanol–water partition coefficient (Wildman–Crippen LogP) is 2.46. The van der Waals surface area contributed by atoms with Crippen LogP contribution in [0.3, 0.4) is 0 Å². The third kappa shape index (κ3) is 2.88. The van der Waals surface area contributed by atoms with Crippen LogP contribution in [0.4, 0.5) is 0 Å². The fourth-order valence-corrected chi connectivity index (χ4v) is 4.38. The summed E-state index contributed by atoms with van der Waals surface area (Å²) in [6, 6.07) is 4.48. The molecule has 1 saturated heterocycles. The summed E-state index contributed by atoms with van der Waals surface area (Å²) in [7, 11) is 1.73. The Bertz CT molecular complexity index is 793. The van der Waals surface area contributed by atoms with E-state index in [1.54, 1.807) is 30.4 Å². The second-order valence-electron chi connectivity index (χ2n) is 7.37. The van der Waals surface area contributed by atoms with E-state index in [2.05, 4.69) is 22.0 Å². The van der Waals surface area contributed by atoms with Gasteiger partial charge in [-0.1, -0.05) is 6.07 Å². The molecule has 0 spiro atoms. The molecule has 4 rings (SSSR count). The summed E-state index contributed by atoms with van der Waals surface area (Å²) in [5.41, 5.74) is 3.18. The van der Waals surface area contributed by atoms with E-state index in [1.165, 1.54) is 23.1 Å². The van der Waals surface area contributed by atoms with Gasteiger partial charge in [0.05, 0.1) is 13.4 Å². The molecule has 26 heavy (non-hydrogen) atoms. The van der Waals surface area contributed by atoms with Crippen molar-refractivity contribution in [1.82, 2.24) is 14.5 Å². The Balaban J connectivity index is 1.50. The average molecular weight is 355 g/mol. The zero-order valence-corrected chi connectivity index (χ0v) is 15.1. The number of aromatic nitrogens is 2. The number of benzene rings is 1. The first-order valence-electron chi connectivity index (χ1n) is 9.25. The fraction of sp³-hybridized carbons (Fsp3) is 0.500. The van der Waals surface area contributed by atoms with Crippen LogP contribution in [0.1, 0.15) is 36.0 Å². The zero-order valence-electron chi connectivity index (χ0n) is 15.1. The van der Waals surface area contributed by atoms with Crippen LogP contribution < -0.4 is 4.74 Å². The number of likely N-dealkylation sites (tertiary alicyclic amines) is 1. The zero-order chi connectivity index (χ0) is 18.1. The molecule has 0 saturated carbocycles. The van der Waals surface area contributed by atoms with Gasteiger partial charge in [-0.15, -0.1) is 0 Å². The molecular weight excluding hydrogens is 330 g/mol. The molecular formula is C20H25N3O3. The molecule has 1 fully saturated rings. The monoisotopic (exact) mass is 355 g/mol. The number of ether oxygens (including phenoxy) is 1. The normalized spacial score (nSPS) is 19.3. The Morgan fingerprint density at radius 1 is 1.27 bits per heavy atom. The second kappa shape index (κ2) is 6.76. The Hall–Kier alpha value is -2.34. The number of aliphatic carboxylic acids is 1. The molecule has 0 bridgehead atoms. The molecule has 2 heterocycles. The summed E-state index contributed by atoms with van der Waals surface area (Å²) in [5.74, 6) is 0.181. The van der Waals surface area contributed by atoms with Gasteiger partial charge >= 0.3 is 5.97 Å². The molecule has 0 radical (unpaired) electrons. The van der Waals surface area contributed by atoms with Gasteiger partial charge in [0, 0.05) is 37.6 Å². The van der Waals surface area contributed by atoms with Crippen LogP contribution in [0, 0.1) is 0 Å². The number of piperidine rings is 1. The van der Waals surface area contributed by atoms with Gasteiger partial charge in [-0.2, -0.15) is 0 Å². The first-order valence-corrected chi connectivity index (χ1v) is 9.25. The number of aryl methyl sites for hydroxylation is 2. The summed E-state index contributed by atoms with van der Waals surface area (Å²) in [5, 5.41) is 9.84. The summed E-state index contributed by atoms with van der Waals surface area (Å²) < 4.78 is 7.37. The third-order valence-electron chi connectivity index (χ3n) is 5.97. The van der Waals surface area contributed by atoms with Gasteiger partial charge in [0.1, 0.15) is 11.3 Å². The van der Waals surface area contributed by atoms with Crippen LogP contribution in [0.25, 0.3) is 0 Å². The Morgan fingerprint density at radius 2 is 2.00 bits per heavy atom. The number of carbonyl (C=O) groups is 1. The first kappa shape index (κ1) is 17.1. The van der Waals surface area contributed by atoms with Crippen LogP contribution in [0.15, 0.2) is 30.9 Å². The lowest BCUT2D eigenvalue weighted by Crippen LogP contribution is -2.50. The fourth-order valence-electron chi connectivity index (χ4n) is 4.38. The van der Waals surface area contributed by atoms with Gasteiger partial charge in [0.15, 0.2) is 0 Å².